The molecular weight excluding hydrogens is 114 g/mol. The minimum atomic E-state index is 0.0692. The van der Waals surface area contributed by atoms with Gasteiger partial charge in [-0.05, 0) is 6.42 Å². The normalized spacial score (nSPS) is 10.0. The molecule has 0 rings (SSSR count). The number of carbonyl (C=O) groups excluding carboxylic acids is 1. The summed E-state index contributed by atoms with van der Waals surface area (Å²) in [7, 11) is 1.64. The number of amides is 1. The molecule has 0 aromatic rings. The second kappa shape index (κ2) is 5.35. The van der Waals surface area contributed by atoms with Gasteiger partial charge in [0.2, 0.25) is 5.91 Å². The molecule has 0 heterocycles. The van der Waals surface area contributed by atoms with Crippen LogP contribution >= 0.6 is 0 Å². The van der Waals surface area contributed by atoms with Gasteiger partial charge in [0, 0.05) is 13.5 Å². The highest BCUT2D eigenvalue weighted by Crippen LogP contribution is 1.84. The van der Waals surface area contributed by atoms with Crippen LogP contribution in [0.25, 0.3) is 0 Å². The van der Waals surface area contributed by atoms with Gasteiger partial charge in [0.1, 0.15) is 0 Å². The van der Waals surface area contributed by atoms with Gasteiger partial charge in [-0.25, -0.2) is 0 Å². The molecule has 0 fully saturated rings. The van der Waals surface area contributed by atoms with E-state index in [1.165, 1.54) is 0 Å². The van der Waals surface area contributed by atoms with Gasteiger partial charge >= 0.3 is 0 Å². The lowest BCUT2D eigenvalue weighted by Gasteiger charge is -1.90. The molecule has 0 spiro atoms. The molecule has 9 heavy (non-hydrogen) atoms. The standard InChI is InChI=1S/C7H13NO/c1-3-4-5-6-7(9)8-2/h4-5H,3,6H2,1-2H3,(H,8,9). The second-order valence-corrected chi connectivity index (χ2v) is 1.76. The predicted octanol–water partition coefficient (Wildman–Crippen LogP) is 1.09. The van der Waals surface area contributed by atoms with Crippen LogP contribution in [0.15, 0.2) is 12.2 Å². The highest BCUT2D eigenvalue weighted by atomic mass is 16.1. The van der Waals surface area contributed by atoms with Gasteiger partial charge in [0.25, 0.3) is 0 Å². The van der Waals surface area contributed by atoms with E-state index in [9.17, 15) is 4.79 Å². The van der Waals surface area contributed by atoms with Crippen LogP contribution in [0.2, 0.25) is 0 Å². The van der Waals surface area contributed by atoms with Crippen molar-refractivity contribution < 1.29 is 4.79 Å². The Morgan fingerprint density at radius 3 is 2.67 bits per heavy atom. The van der Waals surface area contributed by atoms with Crippen molar-refractivity contribution in [1.82, 2.24) is 5.32 Å². The molecule has 0 saturated heterocycles. The molecule has 0 bridgehead atoms. The molecule has 0 aromatic heterocycles. The zero-order valence-electron chi connectivity index (χ0n) is 5.98. The van der Waals surface area contributed by atoms with Gasteiger partial charge in [-0.15, -0.1) is 0 Å². The maximum Gasteiger partial charge on any atom is 0.223 e. The summed E-state index contributed by atoms with van der Waals surface area (Å²) in [5, 5.41) is 2.53. The first-order valence-electron chi connectivity index (χ1n) is 3.16. The lowest BCUT2D eigenvalue weighted by molar-refractivity contribution is -0.119. The predicted molar refractivity (Wildman–Crippen MR) is 38.1 cm³/mol. The SMILES string of the molecule is CCC=CCC(=O)NC. The van der Waals surface area contributed by atoms with E-state index in [0.29, 0.717) is 6.42 Å². The quantitative estimate of drug-likeness (QED) is 0.565. The minimum Gasteiger partial charge on any atom is -0.359 e. The fraction of sp³-hybridized carbons (Fsp3) is 0.571. The number of nitrogens with one attached hydrogen (secondary N) is 1. The van der Waals surface area contributed by atoms with Crippen molar-refractivity contribution in [2.24, 2.45) is 0 Å². The Kier molecular flexibility index (Phi) is 4.88. The van der Waals surface area contributed by atoms with Gasteiger partial charge in [0.05, 0.1) is 0 Å². The topological polar surface area (TPSA) is 29.1 Å². The fourth-order valence-electron chi connectivity index (χ4n) is 0.459. The zero-order chi connectivity index (χ0) is 7.11. The molecule has 0 aliphatic rings. The van der Waals surface area contributed by atoms with Crippen LogP contribution in [0, 0.1) is 0 Å². The Bertz CT molecular complexity index is 107. The summed E-state index contributed by atoms with van der Waals surface area (Å²) in [6.07, 6.45) is 5.36. The molecule has 0 aliphatic carbocycles. The third-order valence-electron chi connectivity index (χ3n) is 0.984. The Labute approximate surface area is 56.0 Å². The van der Waals surface area contributed by atoms with Crippen molar-refractivity contribution >= 4 is 5.91 Å². The van der Waals surface area contributed by atoms with Crippen LogP contribution in [0.5, 0.6) is 0 Å². The molecule has 0 aromatic carbocycles. The molecule has 52 valence electrons. The lowest BCUT2D eigenvalue weighted by atomic mass is 10.3. The number of rotatable bonds is 3. The summed E-state index contributed by atoms with van der Waals surface area (Å²) in [6, 6.07) is 0. The molecule has 0 aliphatic heterocycles. The smallest absolute Gasteiger partial charge is 0.223 e. The van der Waals surface area contributed by atoms with Crippen molar-refractivity contribution in [3.8, 4) is 0 Å². The first-order valence-corrected chi connectivity index (χ1v) is 3.16. The van der Waals surface area contributed by atoms with E-state index in [-0.39, 0.29) is 5.91 Å². The van der Waals surface area contributed by atoms with Crippen LogP contribution in [-0.4, -0.2) is 13.0 Å². The van der Waals surface area contributed by atoms with Crippen LogP contribution in [0.4, 0.5) is 0 Å². The van der Waals surface area contributed by atoms with Crippen molar-refractivity contribution in [2.75, 3.05) is 7.05 Å². The van der Waals surface area contributed by atoms with E-state index in [4.69, 9.17) is 0 Å². The Morgan fingerprint density at radius 1 is 1.56 bits per heavy atom. The molecule has 0 atom stereocenters. The second-order valence-electron chi connectivity index (χ2n) is 1.76. The van der Waals surface area contributed by atoms with Crippen molar-refractivity contribution in [3.63, 3.8) is 0 Å². The number of hydrogen-bond acceptors (Lipinski definition) is 1. The highest BCUT2D eigenvalue weighted by Gasteiger charge is 1.88. The van der Waals surface area contributed by atoms with Gasteiger partial charge in [-0.1, -0.05) is 19.1 Å². The average Bonchev–Trinajstić information content (AvgIpc) is 1.89. The van der Waals surface area contributed by atoms with Crippen LogP contribution in [0.1, 0.15) is 19.8 Å². The molecule has 1 amide bonds. The molecular formula is C7H13NO. The van der Waals surface area contributed by atoms with E-state index in [2.05, 4.69) is 5.32 Å². The fourth-order valence-corrected chi connectivity index (χ4v) is 0.459. The summed E-state index contributed by atoms with van der Waals surface area (Å²) in [5.41, 5.74) is 0. The maximum absolute atomic E-state index is 10.5. The summed E-state index contributed by atoms with van der Waals surface area (Å²) < 4.78 is 0. The number of allylic oxidation sites excluding steroid dienone is 1. The molecule has 0 saturated carbocycles. The third kappa shape index (κ3) is 5.07. The monoisotopic (exact) mass is 127 g/mol. The molecule has 2 heteroatoms. The van der Waals surface area contributed by atoms with Crippen LogP contribution in [-0.2, 0) is 4.79 Å². The third-order valence-corrected chi connectivity index (χ3v) is 0.984. The average molecular weight is 127 g/mol. The van der Waals surface area contributed by atoms with E-state index in [1.807, 2.05) is 19.1 Å². The van der Waals surface area contributed by atoms with E-state index in [1.54, 1.807) is 7.05 Å². The maximum atomic E-state index is 10.5. The van der Waals surface area contributed by atoms with Crippen molar-refractivity contribution in [2.45, 2.75) is 19.8 Å². The zero-order valence-corrected chi connectivity index (χ0v) is 5.98. The molecule has 0 radical (unpaired) electrons. The Hall–Kier alpha value is -0.790. The highest BCUT2D eigenvalue weighted by molar-refractivity contribution is 5.76. The van der Waals surface area contributed by atoms with Gasteiger partial charge in [-0.2, -0.15) is 0 Å². The number of hydrogen-bond donors (Lipinski definition) is 1. The summed E-state index contributed by atoms with van der Waals surface area (Å²) in [4.78, 5) is 10.5. The van der Waals surface area contributed by atoms with Crippen LogP contribution in [0.3, 0.4) is 0 Å². The lowest BCUT2D eigenvalue weighted by Crippen LogP contribution is -2.15. The molecule has 0 unspecified atom stereocenters. The molecule has 1 N–H and O–H groups in total. The Balaban J connectivity index is 3.26. The first-order chi connectivity index (χ1) is 4.31. The van der Waals surface area contributed by atoms with E-state index in [0.717, 1.165) is 6.42 Å². The van der Waals surface area contributed by atoms with Crippen molar-refractivity contribution in [1.29, 1.82) is 0 Å². The largest absolute Gasteiger partial charge is 0.359 e. The van der Waals surface area contributed by atoms with E-state index < -0.39 is 0 Å². The van der Waals surface area contributed by atoms with Gasteiger partial charge < -0.3 is 5.32 Å². The molecule has 2 nitrogen and oxygen atoms in total. The van der Waals surface area contributed by atoms with Crippen LogP contribution < -0.4 is 5.32 Å². The van der Waals surface area contributed by atoms with Gasteiger partial charge in [0.15, 0.2) is 0 Å². The van der Waals surface area contributed by atoms with Crippen molar-refractivity contribution in [3.05, 3.63) is 12.2 Å². The van der Waals surface area contributed by atoms with Gasteiger partial charge in [-0.3, -0.25) is 4.79 Å². The first kappa shape index (κ1) is 8.21. The summed E-state index contributed by atoms with van der Waals surface area (Å²) in [5.74, 6) is 0.0692. The van der Waals surface area contributed by atoms with E-state index >= 15 is 0 Å². The summed E-state index contributed by atoms with van der Waals surface area (Å²) >= 11 is 0. The number of carbonyl (C=O) groups is 1. The Morgan fingerprint density at radius 2 is 2.22 bits per heavy atom. The minimum absolute atomic E-state index is 0.0692. The summed E-state index contributed by atoms with van der Waals surface area (Å²) in [6.45, 7) is 2.04.